The molecule has 0 saturated carbocycles. The summed E-state index contributed by atoms with van der Waals surface area (Å²) in [6.45, 7) is 9.16. The van der Waals surface area contributed by atoms with Gasteiger partial charge in [0.2, 0.25) is 0 Å². The lowest BCUT2D eigenvalue weighted by Gasteiger charge is -2.24. The van der Waals surface area contributed by atoms with Crippen molar-refractivity contribution in [3.8, 4) is 0 Å². The molecular weight excluding hydrogens is 302 g/mol. The van der Waals surface area contributed by atoms with Gasteiger partial charge in [0, 0.05) is 19.1 Å². The van der Waals surface area contributed by atoms with Crippen molar-refractivity contribution in [3.63, 3.8) is 0 Å². The minimum Gasteiger partial charge on any atom is -0.468 e. The van der Waals surface area contributed by atoms with Gasteiger partial charge < -0.3 is 15.1 Å². The average molecular weight is 335 g/mol. The molecule has 2 atom stereocenters. The van der Waals surface area contributed by atoms with Crippen LogP contribution >= 0.6 is 0 Å². The van der Waals surface area contributed by atoms with Gasteiger partial charge in [-0.25, -0.2) is 0 Å². The quantitative estimate of drug-likeness (QED) is 0.561. The summed E-state index contributed by atoms with van der Waals surface area (Å²) in [6.07, 6.45) is 4.29. The van der Waals surface area contributed by atoms with Crippen LogP contribution in [0.3, 0.4) is 0 Å². The Morgan fingerprint density at radius 1 is 1.42 bits per heavy atom. The number of furan rings is 1. The highest BCUT2D eigenvalue weighted by atomic mass is 16.3. The molecule has 2 heterocycles. The molecular formula is C18H33N5O. The molecule has 0 aliphatic carbocycles. The maximum atomic E-state index is 5.56. The molecule has 0 radical (unpaired) electrons. The number of rotatable bonds is 8. The molecule has 2 N–H and O–H groups in total. The number of likely N-dealkylation sites (N-methyl/N-ethyl adjacent to an activating group) is 2. The number of guanidine groups is 1. The first-order chi connectivity index (χ1) is 11.7. The Hall–Kier alpha value is -1.53. The van der Waals surface area contributed by atoms with E-state index in [-0.39, 0.29) is 6.04 Å². The molecule has 1 saturated heterocycles. The largest absolute Gasteiger partial charge is 0.468 e. The van der Waals surface area contributed by atoms with Crippen LogP contribution in [0.2, 0.25) is 0 Å². The fourth-order valence-corrected chi connectivity index (χ4v) is 3.27. The topological polar surface area (TPSA) is 56.0 Å². The summed E-state index contributed by atoms with van der Waals surface area (Å²) >= 11 is 0. The molecule has 1 aromatic rings. The molecule has 2 rings (SSSR count). The van der Waals surface area contributed by atoms with Gasteiger partial charge in [0.15, 0.2) is 5.96 Å². The highest BCUT2D eigenvalue weighted by molar-refractivity contribution is 5.79. The summed E-state index contributed by atoms with van der Waals surface area (Å²) < 4.78 is 5.56. The second-order valence-corrected chi connectivity index (χ2v) is 6.52. The van der Waals surface area contributed by atoms with Gasteiger partial charge in [-0.2, -0.15) is 0 Å². The lowest BCUT2D eigenvalue weighted by molar-refractivity contribution is 0.263. The Morgan fingerprint density at radius 3 is 2.88 bits per heavy atom. The third-order valence-electron chi connectivity index (χ3n) is 4.67. The predicted molar refractivity (Wildman–Crippen MR) is 99.4 cm³/mol. The number of hydrogen-bond acceptors (Lipinski definition) is 4. The van der Waals surface area contributed by atoms with Crippen molar-refractivity contribution >= 4 is 5.96 Å². The first kappa shape index (κ1) is 18.8. The fourth-order valence-electron chi connectivity index (χ4n) is 3.27. The molecule has 24 heavy (non-hydrogen) atoms. The van der Waals surface area contributed by atoms with Crippen LogP contribution in [0, 0.1) is 0 Å². The van der Waals surface area contributed by atoms with Crippen molar-refractivity contribution in [2.24, 2.45) is 4.99 Å². The summed E-state index contributed by atoms with van der Waals surface area (Å²) in [7, 11) is 4.11. The van der Waals surface area contributed by atoms with Crippen LogP contribution in [0.4, 0.5) is 0 Å². The van der Waals surface area contributed by atoms with Gasteiger partial charge in [-0.05, 0) is 59.1 Å². The molecule has 0 bridgehead atoms. The molecule has 0 amide bonds. The normalized spacial score (nSPS) is 20.5. The van der Waals surface area contributed by atoms with Crippen LogP contribution in [0.5, 0.6) is 0 Å². The van der Waals surface area contributed by atoms with Crippen molar-refractivity contribution in [1.29, 1.82) is 0 Å². The van der Waals surface area contributed by atoms with Crippen LogP contribution in [0.15, 0.2) is 27.8 Å². The number of aliphatic imine (C=N–C) groups is 1. The van der Waals surface area contributed by atoms with Crippen molar-refractivity contribution in [2.45, 2.75) is 38.8 Å². The predicted octanol–water partition coefficient (Wildman–Crippen LogP) is 1.92. The number of likely N-dealkylation sites (tertiary alicyclic amines) is 1. The minimum absolute atomic E-state index is 0.147. The van der Waals surface area contributed by atoms with Gasteiger partial charge in [-0.15, -0.1) is 0 Å². The van der Waals surface area contributed by atoms with Gasteiger partial charge in [0.1, 0.15) is 5.76 Å². The fraction of sp³-hybridized carbons (Fsp3) is 0.722. The van der Waals surface area contributed by atoms with E-state index in [2.05, 4.69) is 48.4 Å². The third kappa shape index (κ3) is 5.24. The summed E-state index contributed by atoms with van der Waals surface area (Å²) in [5.74, 6) is 1.84. The van der Waals surface area contributed by atoms with Gasteiger partial charge in [0.25, 0.3) is 0 Å². The molecule has 1 aromatic heterocycles. The Balaban J connectivity index is 1.94. The lowest BCUT2D eigenvalue weighted by Crippen LogP contribution is -2.45. The van der Waals surface area contributed by atoms with Crippen molar-refractivity contribution in [3.05, 3.63) is 24.2 Å². The van der Waals surface area contributed by atoms with Crippen LogP contribution in [-0.2, 0) is 0 Å². The standard InChI is InChI=1S/C18H33N5O/c1-5-19-18(20-13-15-9-7-11-23(15)6-2)21-14-16(22(3)4)17-10-8-12-24-17/h8,10,12,15-16H,5-7,9,11,13-14H2,1-4H3,(H2,19,20,21). The second-order valence-electron chi connectivity index (χ2n) is 6.52. The van der Waals surface area contributed by atoms with Crippen LogP contribution in [0.1, 0.15) is 38.5 Å². The van der Waals surface area contributed by atoms with Crippen molar-refractivity contribution in [1.82, 2.24) is 20.4 Å². The molecule has 136 valence electrons. The molecule has 2 unspecified atom stereocenters. The second kappa shape index (κ2) is 9.69. The highest BCUT2D eigenvalue weighted by Gasteiger charge is 2.23. The monoisotopic (exact) mass is 335 g/mol. The minimum atomic E-state index is 0.147. The number of nitrogens with one attached hydrogen (secondary N) is 2. The maximum Gasteiger partial charge on any atom is 0.191 e. The maximum absolute atomic E-state index is 5.56. The molecule has 6 nitrogen and oxygen atoms in total. The van der Waals surface area contributed by atoms with E-state index in [1.807, 2.05) is 12.1 Å². The molecule has 0 aromatic carbocycles. The summed E-state index contributed by atoms with van der Waals surface area (Å²) in [4.78, 5) is 9.46. The van der Waals surface area contributed by atoms with Crippen LogP contribution < -0.4 is 10.6 Å². The van der Waals surface area contributed by atoms with E-state index in [9.17, 15) is 0 Å². The Bertz CT molecular complexity index is 486. The molecule has 1 aliphatic rings. The molecule has 0 spiro atoms. The Morgan fingerprint density at radius 2 is 2.25 bits per heavy atom. The first-order valence-corrected chi connectivity index (χ1v) is 9.11. The molecule has 6 heteroatoms. The summed E-state index contributed by atoms with van der Waals surface area (Å²) in [6, 6.07) is 4.71. The smallest absolute Gasteiger partial charge is 0.191 e. The summed E-state index contributed by atoms with van der Waals surface area (Å²) in [5, 5.41) is 6.86. The van der Waals surface area contributed by atoms with E-state index in [0.717, 1.165) is 31.4 Å². The third-order valence-corrected chi connectivity index (χ3v) is 4.67. The molecule has 1 aliphatic heterocycles. The number of nitrogens with zero attached hydrogens (tertiary/aromatic N) is 3. The Kier molecular flexibility index (Phi) is 7.59. The van der Waals surface area contributed by atoms with E-state index >= 15 is 0 Å². The zero-order chi connectivity index (χ0) is 17.4. The first-order valence-electron chi connectivity index (χ1n) is 9.11. The summed E-state index contributed by atoms with van der Waals surface area (Å²) in [5.41, 5.74) is 0. The van der Waals surface area contributed by atoms with Gasteiger partial charge in [-0.3, -0.25) is 14.8 Å². The van der Waals surface area contributed by atoms with E-state index in [0.29, 0.717) is 12.6 Å². The Labute approximate surface area is 146 Å². The average Bonchev–Trinajstić information content (AvgIpc) is 3.23. The van der Waals surface area contributed by atoms with Crippen molar-refractivity contribution in [2.75, 3.05) is 46.8 Å². The van der Waals surface area contributed by atoms with E-state index in [1.165, 1.54) is 19.4 Å². The molecule has 1 fully saturated rings. The van der Waals surface area contributed by atoms with Gasteiger partial charge >= 0.3 is 0 Å². The van der Waals surface area contributed by atoms with E-state index < -0.39 is 0 Å². The van der Waals surface area contributed by atoms with E-state index in [1.54, 1.807) is 6.26 Å². The zero-order valence-corrected chi connectivity index (χ0v) is 15.6. The zero-order valence-electron chi connectivity index (χ0n) is 15.6. The highest BCUT2D eigenvalue weighted by Crippen LogP contribution is 2.19. The SMILES string of the molecule is CCNC(=NCC(c1ccco1)N(C)C)NCC1CCCN1CC. The van der Waals surface area contributed by atoms with Gasteiger partial charge in [-0.1, -0.05) is 6.92 Å². The van der Waals surface area contributed by atoms with E-state index in [4.69, 9.17) is 9.41 Å². The van der Waals surface area contributed by atoms with Crippen LogP contribution in [0.25, 0.3) is 0 Å². The lowest BCUT2D eigenvalue weighted by atomic mass is 10.2. The number of hydrogen-bond donors (Lipinski definition) is 2. The van der Waals surface area contributed by atoms with Crippen LogP contribution in [-0.4, -0.2) is 68.6 Å². The van der Waals surface area contributed by atoms with Gasteiger partial charge in [0.05, 0.1) is 18.8 Å². The van der Waals surface area contributed by atoms with Crippen molar-refractivity contribution < 1.29 is 4.42 Å².